The first-order valence-corrected chi connectivity index (χ1v) is 5.63. The number of hydrogen-bond donors (Lipinski definition) is 1. The molecule has 0 fully saturated rings. The van der Waals surface area contributed by atoms with Crippen molar-refractivity contribution < 1.29 is 14.3 Å². The van der Waals surface area contributed by atoms with Gasteiger partial charge in [0.1, 0.15) is 0 Å². The highest BCUT2D eigenvalue weighted by molar-refractivity contribution is 5.91. The third kappa shape index (κ3) is 2.43. The smallest absolute Gasteiger partial charge is 0.321 e. The monoisotopic (exact) mass is 236 g/mol. The molecule has 0 aliphatic carbocycles. The highest BCUT2D eigenvalue weighted by Crippen LogP contribution is 2.35. The number of hydrogen-bond acceptors (Lipinski definition) is 3. The molecule has 0 radical (unpaired) electrons. The maximum absolute atomic E-state index is 11.7. The number of benzene rings is 1. The van der Waals surface area contributed by atoms with Crippen LogP contribution in [-0.2, 0) is 0 Å². The van der Waals surface area contributed by atoms with Crippen molar-refractivity contribution >= 4 is 11.7 Å². The summed E-state index contributed by atoms with van der Waals surface area (Å²) in [6.45, 7) is 2.93. The lowest BCUT2D eigenvalue weighted by Gasteiger charge is -2.18. The molecule has 5 heteroatoms. The van der Waals surface area contributed by atoms with Gasteiger partial charge in [-0.3, -0.25) is 4.90 Å². The van der Waals surface area contributed by atoms with Gasteiger partial charge in [-0.05, 0) is 18.6 Å². The number of fused-ring (bicyclic) bond motifs is 1. The van der Waals surface area contributed by atoms with Gasteiger partial charge in [-0.15, -0.1) is 0 Å². The van der Waals surface area contributed by atoms with Crippen LogP contribution in [0.5, 0.6) is 11.5 Å². The Hall–Kier alpha value is -1.91. The second kappa shape index (κ2) is 4.95. The van der Waals surface area contributed by atoms with E-state index in [1.165, 1.54) is 0 Å². The first-order valence-electron chi connectivity index (χ1n) is 5.63. The zero-order valence-electron chi connectivity index (χ0n) is 10.0. The molecule has 2 rings (SSSR count). The standard InChI is InChI=1S/C12H16N2O3/c1-3-6-13-12(15)14(2)9-4-5-10-11(7-9)17-8-16-10/h4-5,7H,3,6,8H2,1-2H3,(H,13,15). The van der Waals surface area contributed by atoms with E-state index in [1.807, 2.05) is 13.0 Å². The van der Waals surface area contributed by atoms with Crippen molar-refractivity contribution in [3.05, 3.63) is 18.2 Å². The maximum Gasteiger partial charge on any atom is 0.321 e. The third-order valence-corrected chi connectivity index (χ3v) is 2.57. The molecule has 1 aromatic rings. The first kappa shape index (κ1) is 11.6. The Kier molecular flexibility index (Phi) is 3.37. The van der Waals surface area contributed by atoms with Crippen molar-refractivity contribution in [2.24, 2.45) is 0 Å². The van der Waals surface area contributed by atoms with E-state index in [2.05, 4.69) is 5.32 Å². The van der Waals surface area contributed by atoms with Crippen LogP contribution in [0.2, 0.25) is 0 Å². The van der Waals surface area contributed by atoms with Crippen molar-refractivity contribution in [3.63, 3.8) is 0 Å². The molecule has 0 aromatic heterocycles. The summed E-state index contributed by atoms with van der Waals surface area (Å²) in [5.41, 5.74) is 0.780. The summed E-state index contributed by atoms with van der Waals surface area (Å²) < 4.78 is 10.5. The van der Waals surface area contributed by atoms with Gasteiger partial charge >= 0.3 is 6.03 Å². The second-order valence-electron chi connectivity index (χ2n) is 3.83. The van der Waals surface area contributed by atoms with E-state index in [1.54, 1.807) is 24.1 Å². The van der Waals surface area contributed by atoms with Crippen LogP contribution in [0.4, 0.5) is 10.5 Å². The maximum atomic E-state index is 11.7. The quantitative estimate of drug-likeness (QED) is 0.873. The number of urea groups is 1. The number of ether oxygens (including phenoxy) is 2. The van der Waals surface area contributed by atoms with Crippen molar-refractivity contribution in [3.8, 4) is 11.5 Å². The molecule has 92 valence electrons. The molecule has 0 bridgehead atoms. The molecule has 1 aliphatic heterocycles. The molecule has 1 N–H and O–H groups in total. The highest BCUT2D eigenvalue weighted by atomic mass is 16.7. The average Bonchev–Trinajstić information content (AvgIpc) is 2.81. The van der Waals surface area contributed by atoms with Gasteiger partial charge < -0.3 is 14.8 Å². The summed E-state index contributed by atoms with van der Waals surface area (Å²) in [5, 5.41) is 2.81. The third-order valence-electron chi connectivity index (χ3n) is 2.57. The number of carbonyl (C=O) groups is 1. The number of amides is 2. The lowest BCUT2D eigenvalue weighted by Crippen LogP contribution is -2.37. The van der Waals surface area contributed by atoms with Crippen LogP contribution in [0.3, 0.4) is 0 Å². The van der Waals surface area contributed by atoms with E-state index in [4.69, 9.17) is 9.47 Å². The van der Waals surface area contributed by atoms with Crippen molar-refractivity contribution in [2.75, 3.05) is 25.3 Å². The van der Waals surface area contributed by atoms with Crippen LogP contribution in [0.25, 0.3) is 0 Å². The minimum Gasteiger partial charge on any atom is -0.454 e. The number of anilines is 1. The predicted molar refractivity (Wildman–Crippen MR) is 64.7 cm³/mol. The number of nitrogens with one attached hydrogen (secondary N) is 1. The van der Waals surface area contributed by atoms with Gasteiger partial charge in [0.15, 0.2) is 11.5 Å². The zero-order valence-corrected chi connectivity index (χ0v) is 10.0. The largest absolute Gasteiger partial charge is 0.454 e. The minimum atomic E-state index is -0.120. The molecule has 1 heterocycles. The summed E-state index contributed by atoms with van der Waals surface area (Å²) >= 11 is 0. The fourth-order valence-electron chi connectivity index (χ4n) is 1.56. The molecule has 17 heavy (non-hydrogen) atoms. The Balaban J connectivity index is 2.09. The van der Waals surface area contributed by atoms with Crippen LogP contribution in [-0.4, -0.2) is 26.4 Å². The van der Waals surface area contributed by atoms with E-state index in [0.29, 0.717) is 12.3 Å². The van der Waals surface area contributed by atoms with Gasteiger partial charge in [0.05, 0.1) is 0 Å². The van der Waals surface area contributed by atoms with Gasteiger partial charge in [-0.1, -0.05) is 6.92 Å². The SMILES string of the molecule is CCCNC(=O)N(C)c1ccc2c(c1)OCO2. The number of rotatable bonds is 3. The molecule has 0 atom stereocenters. The molecule has 5 nitrogen and oxygen atoms in total. The molecule has 0 unspecified atom stereocenters. The Labute approximate surface area is 100 Å². The van der Waals surface area contributed by atoms with Crippen molar-refractivity contribution in [1.29, 1.82) is 0 Å². The van der Waals surface area contributed by atoms with Gasteiger partial charge in [-0.2, -0.15) is 0 Å². The molecule has 2 amide bonds. The molecule has 1 aliphatic rings. The Morgan fingerprint density at radius 2 is 2.18 bits per heavy atom. The molecule has 0 spiro atoms. The van der Waals surface area contributed by atoms with Crippen molar-refractivity contribution in [1.82, 2.24) is 5.32 Å². The Morgan fingerprint density at radius 3 is 2.94 bits per heavy atom. The average molecular weight is 236 g/mol. The summed E-state index contributed by atoms with van der Waals surface area (Å²) in [5.74, 6) is 1.40. The normalized spacial score (nSPS) is 12.4. The predicted octanol–water partition coefficient (Wildman–Crippen LogP) is 1.97. The van der Waals surface area contributed by atoms with Crippen LogP contribution >= 0.6 is 0 Å². The zero-order chi connectivity index (χ0) is 12.3. The van der Waals surface area contributed by atoms with Gasteiger partial charge in [0, 0.05) is 25.3 Å². The Bertz CT molecular complexity index is 420. The van der Waals surface area contributed by atoms with Crippen LogP contribution in [0.1, 0.15) is 13.3 Å². The molecular weight excluding hydrogens is 220 g/mol. The lowest BCUT2D eigenvalue weighted by atomic mass is 10.2. The van der Waals surface area contributed by atoms with E-state index >= 15 is 0 Å². The van der Waals surface area contributed by atoms with Crippen LogP contribution in [0, 0.1) is 0 Å². The van der Waals surface area contributed by atoms with Crippen LogP contribution in [0.15, 0.2) is 18.2 Å². The number of carbonyl (C=O) groups excluding carboxylic acids is 1. The molecule has 0 saturated heterocycles. The highest BCUT2D eigenvalue weighted by Gasteiger charge is 2.16. The topological polar surface area (TPSA) is 50.8 Å². The second-order valence-corrected chi connectivity index (χ2v) is 3.83. The number of nitrogens with zero attached hydrogens (tertiary/aromatic N) is 1. The summed E-state index contributed by atoms with van der Waals surface area (Å²) in [6.07, 6.45) is 0.917. The summed E-state index contributed by atoms with van der Waals surface area (Å²) in [4.78, 5) is 13.3. The van der Waals surface area contributed by atoms with Gasteiger partial charge in [0.25, 0.3) is 0 Å². The molecular formula is C12H16N2O3. The van der Waals surface area contributed by atoms with Crippen molar-refractivity contribution in [2.45, 2.75) is 13.3 Å². The fraction of sp³-hybridized carbons (Fsp3) is 0.417. The van der Waals surface area contributed by atoms with Crippen LogP contribution < -0.4 is 19.7 Å². The molecule has 0 saturated carbocycles. The fourth-order valence-corrected chi connectivity index (χ4v) is 1.56. The van der Waals surface area contributed by atoms with E-state index in [-0.39, 0.29) is 12.8 Å². The van der Waals surface area contributed by atoms with Gasteiger partial charge in [-0.25, -0.2) is 4.79 Å². The summed E-state index contributed by atoms with van der Waals surface area (Å²) in [7, 11) is 1.72. The van der Waals surface area contributed by atoms with Gasteiger partial charge in [0.2, 0.25) is 6.79 Å². The lowest BCUT2D eigenvalue weighted by molar-refractivity contribution is 0.174. The first-order chi connectivity index (χ1) is 8.22. The summed E-state index contributed by atoms with van der Waals surface area (Å²) in [6, 6.07) is 5.32. The minimum absolute atomic E-state index is 0.120. The Morgan fingerprint density at radius 1 is 1.41 bits per heavy atom. The molecule has 1 aromatic carbocycles. The van der Waals surface area contributed by atoms with E-state index in [9.17, 15) is 4.79 Å². The van der Waals surface area contributed by atoms with E-state index in [0.717, 1.165) is 17.9 Å². The van der Waals surface area contributed by atoms with E-state index < -0.39 is 0 Å².